The Labute approximate surface area is 165 Å². The number of nitrogens with two attached hydrogens (primary N) is 1. The predicted octanol–water partition coefficient (Wildman–Crippen LogP) is 3.45. The highest BCUT2D eigenvalue weighted by molar-refractivity contribution is 8.13. The van der Waals surface area contributed by atoms with E-state index in [1.807, 2.05) is 61.6 Å². The number of likely N-dealkylation sites (N-methyl/N-ethyl adjacent to an activating group) is 1. The third kappa shape index (κ3) is 6.73. The van der Waals surface area contributed by atoms with Crippen molar-refractivity contribution in [1.29, 1.82) is 0 Å². The Hall–Kier alpha value is -2.31. The van der Waals surface area contributed by atoms with Crippen molar-refractivity contribution in [2.24, 2.45) is 10.7 Å². The number of para-hydroxylation sites is 1. The minimum atomic E-state index is -0.239. The van der Waals surface area contributed by atoms with Gasteiger partial charge in [-0.25, -0.2) is 0 Å². The van der Waals surface area contributed by atoms with Gasteiger partial charge in [-0.1, -0.05) is 54.2 Å². The normalized spacial score (nSPS) is 18.7. The van der Waals surface area contributed by atoms with E-state index in [1.54, 1.807) is 11.8 Å². The fourth-order valence-electron chi connectivity index (χ4n) is 2.60. The largest absolute Gasteiger partial charge is 0.492 e. The van der Waals surface area contributed by atoms with Gasteiger partial charge in [-0.15, -0.1) is 0 Å². The quantitative estimate of drug-likeness (QED) is 0.588. The molecule has 0 saturated carbocycles. The highest BCUT2D eigenvalue weighted by atomic mass is 32.2. The number of carbonyl (C=O) groups excluding carboxylic acids is 1. The van der Waals surface area contributed by atoms with Crippen LogP contribution < -0.4 is 15.8 Å². The van der Waals surface area contributed by atoms with E-state index in [0.717, 1.165) is 42.9 Å². The summed E-state index contributed by atoms with van der Waals surface area (Å²) < 4.78 is 5.38. The molecule has 5 nitrogen and oxygen atoms in total. The van der Waals surface area contributed by atoms with Gasteiger partial charge < -0.3 is 15.8 Å². The number of amidine groups is 1. The van der Waals surface area contributed by atoms with Gasteiger partial charge in [0.1, 0.15) is 18.6 Å². The van der Waals surface area contributed by atoms with Crippen molar-refractivity contribution in [2.45, 2.75) is 18.9 Å². The van der Waals surface area contributed by atoms with Crippen LogP contribution in [0.25, 0.3) is 0 Å². The fourth-order valence-corrected chi connectivity index (χ4v) is 3.58. The van der Waals surface area contributed by atoms with Crippen LogP contribution in [-0.4, -0.2) is 37.4 Å². The zero-order valence-electron chi connectivity index (χ0n) is 15.9. The summed E-state index contributed by atoms with van der Waals surface area (Å²) in [6, 6.07) is 17.4. The van der Waals surface area contributed by atoms with E-state index < -0.39 is 0 Å². The molecule has 0 bridgehead atoms. The Balaban J connectivity index is 0.000000208. The van der Waals surface area contributed by atoms with Crippen molar-refractivity contribution in [1.82, 2.24) is 5.32 Å². The maximum absolute atomic E-state index is 10.6. The number of thioether (sulfide) groups is 1. The second kappa shape index (κ2) is 10.7. The molecule has 0 spiro atoms. The van der Waals surface area contributed by atoms with Crippen LogP contribution in [0, 0.1) is 0 Å². The van der Waals surface area contributed by atoms with Gasteiger partial charge in [0.15, 0.2) is 5.17 Å². The molecular formula is C21H27N3O2S. The van der Waals surface area contributed by atoms with Crippen molar-refractivity contribution in [3.05, 3.63) is 65.7 Å². The molecule has 1 heterocycles. The van der Waals surface area contributed by atoms with Gasteiger partial charge in [0.25, 0.3) is 0 Å². The van der Waals surface area contributed by atoms with Gasteiger partial charge in [-0.2, -0.15) is 0 Å². The molecule has 1 aliphatic rings. The molecule has 3 N–H and O–H groups in total. The molecule has 2 aromatic rings. The second-order valence-electron chi connectivity index (χ2n) is 6.33. The van der Waals surface area contributed by atoms with E-state index in [9.17, 15) is 4.79 Å². The van der Waals surface area contributed by atoms with Crippen LogP contribution in [0.4, 0.5) is 0 Å². The van der Waals surface area contributed by atoms with Gasteiger partial charge in [-0.3, -0.25) is 9.79 Å². The Morgan fingerprint density at radius 3 is 2.52 bits per heavy atom. The lowest BCUT2D eigenvalue weighted by Gasteiger charge is -2.29. The minimum absolute atomic E-state index is 0.239. The van der Waals surface area contributed by atoms with Gasteiger partial charge in [-0.05, 0) is 38.1 Å². The van der Waals surface area contributed by atoms with Crippen LogP contribution in [0.5, 0.6) is 5.75 Å². The summed E-state index contributed by atoms with van der Waals surface area (Å²) in [6.45, 7) is 3.69. The SMILES string of the molecule is CC1(c2ccc(C=O)cc2)CCSC(N)=N1.CNCCOc1ccccc1. The summed E-state index contributed by atoms with van der Waals surface area (Å²) in [5.74, 6) is 1.92. The molecule has 1 aliphatic heterocycles. The predicted molar refractivity (Wildman–Crippen MR) is 114 cm³/mol. The van der Waals surface area contributed by atoms with Crippen LogP contribution in [-0.2, 0) is 5.54 Å². The van der Waals surface area contributed by atoms with Gasteiger partial charge >= 0.3 is 0 Å². The monoisotopic (exact) mass is 385 g/mol. The number of rotatable bonds is 6. The van der Waals surface area contributed by atoms with Crippen LogP contribution in [0.15, 0.2) is 59.6 Å². The van der Waals surface area contributed by atoms with E-state index in [1.165, 1.54) is 0 Å². The average Bonchev–Trinajstić information content (AvgIpc) is 2.69. The maximum Gasteiger partial charge on any atom is 0.154 e. The number of benzene rings is 2. The van der Waals surface area contributed by atoms with Gasteiger partial charge in [0.2, 0.25) is 0 Å². The smallest absolute Gasteiger partial charge is 0.154 e. The Morgan fingerprint density at radius 1 is 1.22 bits per heavy atom. The van der Waals surface area contributed by atoms with E-state index in [0.29, 0.717) is 10.7 Å². The van der Waals surface area contributed by atoms with Crippen LogP contribution >= 0.6 is 11.8 Å². The molecule has 0 aliphatic carbocycles. The molecule has 6 heteroatoms. The molecular weight excluding hydrogens is 358 g/mol. The maximum atomic E-state index is 10.6. The number of aliphatic imine (C=N–C) groups is 1. The number of nitrogens with zero attached hydrogens (tertiary/aromatic N) is 1. The Bertz CT molecular complexity index is 735. The molecule has 1 unspecified atom stereocenters. The molecule has 0 aromatic heterocycles. The summed E-state index contributed by atoms with van der Waals surface area (Å²) >= 11 is 1.59. The van der Waals surface area contributed by atoms with E-state index in [-0.39, 0.29) is 5.54 Å². The molecule has 0 saturated heterocycles. The lowest BCUT2D eigenvalue weighted by atomic mass is 9.89. The van der Waals surface area contributed by atoms with Gasteiger partial charge in [0.05, 0.1) is 5.54 Å². The fraction of sp³-hybridized carbons (Fsp3) is 0.333. The number of carbonyl (C=O) groups is 1. The van der Waals surface area contributed by atoms with Crippen molar-refractivity contribution in [2.75, 3.05) is 26.0 Å². The third-order valence-electron chi connectivity index (χ3n) is 4.23. The van der Waals surface area contributed by atoms with Crippen LogP contribution in [0.1, 0.15) is 29.3 Å². The van der Waals surface area contributed by atoms with Crippen molar-refractivity contribution < 1.29 is 9.53 Å². The lowest BCUT2D eigenvalue weighted by molar-refractivity contribution is 0.112. The number of nitrogens with one attached hydrogen (secondary N) is 1. The highest BCUT2D eigenvalue weighted by Gasteiger charge is 2.29. The zero-order valence-corrected chi connectivity index (χ0v) is 16.7. The molecule has 0 amide bonds. The number of ether oxygens (including phenoxy) is 1. The molecule has 2 aromatic carbocycles. The van der Waals surface area contributed by atoms with E-state index in [2.05, 4.69) is 17.2 Å². The van der Waals surface area contributed by atoms with E-state index in [4.69, 9.17) is 10.5 Å². The van der Waals surface area contributed by atoms with Crippen LogP contribution in [0.3, 0.4) is 0 Å². The number of hydrogen-bond donors (Lipinski definition) is 2. The molecule has 27 heavy (non-hydrogen) atoms. The molecule has 0 radical (unpaired) electrons. The average molecular weight is 386 g/mol. The Morgan fingerprint density at radius 2 is 1.93 bits per heavy atom. The third-order valence-corrected chi connectivity index (χ3v) is 5.02. The van der Waals surface area contributed by atoms with Crippen molar-refractivity contribution in [3.8, 4) is 5.75 Å². The molecule has 0 fully saturated rings. The first kappa shape index (κ1) is 21.0. The summed E-state index contributed by atoms with van der Waals surface area (Å²) in [4.78, 5) is 15.1. The Kier molecular flexibility index (Phi) is 8.36. The number of hydrogen-bond acceptors (Lipinski definition) is 6. The summed E-state index contributed by atoms with van der Waals surface area (Å²) in [5.41, 5.74) is 7.32. The zero-order chi connectivity index (χ0) is 19.5. The van der Waals surface area contributed by atoms with Crippen molar-refractivity contribution >= 4 is 23.2 Å². The van der Waals surface area contributed by atoms with Gasteiger partial charge in [0, 0.05) is 17.9 Å². The lowest BCUT2D eigenvalue weighted by Crippen LogP contribution is -2.28. The number of aldehydes is 1. The molecule has 1 atom stereocenters. The van der Waals surface area contributed by atoms with E-state index >= 15 is 0 Å². The molecule has 3 rings (SSSR count). The standard InChI is InChI=1S/C12H14N2OS.C9H13NO/c1-12(6-7-16-11(13)14-12)10-4-2-9(8-15)3-5-10;1-10-7-8-11-9-5-3-2-4-6-9/h2-5,8H,6-7H2,1H3,(H2,13,14);2-6,10H,7-8H2,1H3. The topological polar surface area (TPSA) is 76.7 Å². The first-order chi connectivity index (χ1) is 13.1. The first-order valence-electron chi connectivity index (χ1n) is 8.94. The first-order valence-corrected chi connectivity index (χ1v) is 9.92. The van der Waals surface area contributed by atoms with Crippen molar-refractivity contribution in [3.63, 3.8) is 0 Å². The molecule has 144 valence electrons. The summed E-state index contributed by atoms with van der Waals surface area (Å²) in [7, 11) is 1.91. The summed E-state index contributed by atoms with van der Waals surface area (Å²) in [6.07, 6.45) is 1.82. The van der Waals surface area contributed by atoms with Crippen LogP contribution in [0.2, 0.25) is 0 Å². The highest BCUT2D eigenvalue weighted by Crippen LogP contribution is 2.34. The summed E-state index contributed by atoms with van der Waals surface area (Å²) in [5, 5.41) is 3.66. The second-order valence-corrected chi connectivity index (χ2v) is 7.44. The minimum Gasteiger partial charge on any atom is -0.492 e.